The third-order valence-corrected chi connectivity index (χ3v) is 4.08. The highest BCUT2D eigenvalue weighted by molar-refractivity contribution is 6.31. The van der Waals surface area contributed by atoms with E-state index in [0.29, 0.717) is 17.1 Å². The molecular weight excluding hydrogens is 314 g/mol. The highest BCUT2D eigenvalue weighted by Crippen LogP contribution is 2.25. The fourth-order valence-electron chi connectivity index (χ4n) is 2.48. The molecule has 0 aliphatic heterocycles. The predicted molar refractivity (Wildman–Crippen MR) is 90.9 cm³/mol. The van der Waals surface area contributed by atoms with Crippen LogP contribution in [0.2, 0.25) is 5.02 Å². The first kappa shape index (κ1) is 17.5. The topological polar surface area (TPSA) is 67.0 Å². The number of hydrogen-bond donors (Lipinski definition) is 2. The molecule has 2 aromatic rings. The first-order valence-corrected chi connectivity index (χ1v) is 7.93. The van der Waals surface area contributed by atoms with Gasteiger partial charge in [0.25, 0.3) is 5.91 Å². The van der Waals surface area contributed by atoms with Crippen LogP contribution in [0.3, 0.4) is 0 Å². The highest BCUT2D eigenvalue weighted by Gasteiger charge is 2.21. The molecule has 23 heavy (non-hydrogen) atoms. The van der Waals surface area contributed by atoms with E-state index < -0.39 is 0 Å². The molecule has 2 rings (SSSR count). The molecule has 0 aliphatic rings. The molecule has 6 heteroatoms. The number of rotatable bonds is 6. The van der Waals surface area contributed by atoms with Gasteiger partial charge in [0, 0.05) is 29.9 Å². The predicted octanol–water partition coefficient (Wildman–Crippen LogP) is 3.61. The molecular formula is C17H22ClN3O2. The average Bonchev–Trinajstić information content (AvgIpc) is 2.91. The van der Waals surface area contributed by atoms with Crippen molar-refractivity contribution < 1.29 is 9.53 Å². The van der Waals surface area contributed by atoms with Gasteiger partial charge < -0.3 is 10.1 Å². The number of amides is 1. The van der Waals surface area contributed by atoms with Crippen LogP contribution in [-0.2, 0) is 4.74 Å². The van der Waals surface area contributed by atoms with Gasteiger partial charge in [0.2, 0.25) is 0 Å². The van der Waals surface area contributed by atoms with Gasteiger partial charge in [-0.25, -0.2) is 0 Å². The summed E-state index contributed by atoms with van der Waals surface area (Å²) in [6.45, 7) is 6.19. The third-order valence-electron chi connectivity index (χ3n) is 3.73. The van der Waals surface area contributed by atoms with Crippen molar-refractivity contribution in [1.82, 2.24) is 15.5 Å². The number of aromatic amines is 1. The minimum atomic E-state index is -0.303. The normalized spacial score (nSPS) is 12.4. The smallest absolute Gasteiger partial charge is 0.255 e. The van der Waals surface area contributed by atoms with Crippen LogP contribution in [0, 0.1) is 6.92 Å². The molecule has 0 saturated heterocycles. The Morgan fingerprint density at radius 1 is 1.39 bits per heavy atom. The monoisotopic (exact) mass is 335 g/mol. The Balaban J connectivity index is 2.12. The lowest BCUT2D eigenvalue weighted by molar-refractivity contribution is 0.0826. The van der Waals surface area contributed by atoms with E-state index in [2.05, 4.69) is 15.5 Å². The van der Waals surface area contributed by atoms with Crippen molar-refractivity contribution in [1.29, 1.82) is 0 Å². The molecule has 0 bridgehead atoms. The van der Waals surface area contributed by atoms with Crippen LogP contribution in [-0.4, -0.2) is 29.8 Å². The molecule has 5 nitrogen and oxygen atoms in total. The second kappa shape index (κ2) is 7.62. The number of hydrogen-bond acceptors (Lipinski definition) is 3. The van der Waals surface area contributed by atoms with Crippen molar-refractivity contribution in [2.75, 3.05) is 13.7 Å². The van der Waals surface area contributed by atoms with Gasteiger partial charge in [-0.3, -0.25) is 9.89 Å². The Morgan fingerprint density at radius 2 is 2.09 bits per heavy atom. The summed E-state index contributed by atoms with van der Waals surface area (Å²) in [6.07, 6.45) is -0.303. The van der Waals surface area contributed by atoms with Crippen molar-refractivity contribution in [3.63, 3.8) is 0 Å². The molecule has 0 aliphatic carbocycles. The number of benzene rings is 1. The molecule has 1 heterocycles. The zero-order valence-corrected chi connectivity index (χ0v) is 14.6. The lowest BCUT2D eigenvalue weighted by Crippen LogP contribution is -2.30. The summed E-state index contributed by atoms with van der Waals surface area (Å²) in [6, 6.07) is 7.46. The average molecular weight is 336 g/mol. The van der Waals surface area contributed by atoms with Crippen LogP contribution in [0.4, 0.5) is 0 Å². The minimum Gasteiger partial charge on any atom is -0.375 e. The number of halogens is 1. The first-order valence-electron chi connectivity index (χ1n) is 7.56. The summed E-state index contributed by atoms with van der Waals surface area (Å²) in [5.74, 6) is 0.0107. The molecule has 0 fully saturated rings. The fourth-order valence-corrected chi connectivity index (χ4v) is 2.74. The fraction of sp³-hybridized carbons (Fsp3) is 0.412. The van der Waals surface area contributed by atoms with Gasteiger partial charge >= 0.3 is 0 Å². The number of methoxy groups -OCH3 is 1. The Kier molecular flexibility index (Phi) is 5.80. The standard InChI is InChI=1S/C17H22ClN3O2/c1-10(2)16-15(11(3)20-21-16)17(22)19-9-14(23-4)12-7-5-6-8-13(12)18/h5-8,10,14H,9H2,1-4H3,(H,19,22)(H,20,21). The molecule has 124 valence electrons. The van der Waals surface area contributed by atoms with Gasteiger partial charge in [0.1, 0.15) is 6.10 Å². The molecule has 1 aromatic heterocycles. The molecule has 0 spiro atoms. The van der Waals surface area contributed by atoms with Crippen LogP contribution in [0.1, 0.15) is 53.2 Å². The molecule has 0 radical (unpaired) electrons. The Bertz CT molecular complexity index is 682. The van der Waals surface area contributed by atoms with Gasteiger partial charge in [-0.2, -0.15) is 5.10 Å². The molecule has 0 saturated carbocycles. The number of nitrogens with one attached hydrogen (secondary N) is 2. The first-order chi connectivity index (χ1) is 11.0. The number of ether oxygens (including phenoxy) is 1. The van der Waals surface area contributed by atoms with Crippen LogP contribution >= 0.6 is 11.6 Å². The Hall–Kier alpha value is -1.85. The van der Waals surface area contributed by atoms with Gasteiger partial charge in [-0.15, -0.1) is 0 Å². The van der Waals surface area contributed by atoms with Gasteiger partial charge in [0.05, 0.1) is 11.3 Å². The lowest BCUT2D eigenvalue weighted by Gasteiger charge is -2.18. The molecule has 1 atom stereocenters. The van der Waals surface area contributed by atoms with Crippen molar-refractivity contribution >= 4 is 17.5 Å². The zero-order valence-electron chi connectivity index (χ0n) is 13.8. The largest absolute Gasteiger partial charge is 0.375 e. The van der Waals surface area contributed by atoms with Crippen LogP contribution in [0.25, 0.3) is 0 Å². The quantitative estimate of drug-likeness (QED) is 0.847. The van der Waals surface area contributed by atoms with Crippen LogP contribution in [0.5, 0.6) is 0 Å². The maximum atomic E-state index is 12.5. The van der Waals surface area contributed by atoms with E-state index in [4.69, 9.17) is 16.3 Å². The van der Waals surface area contributed by atoms with Gasteiger partial charge in [0.15, 0.2) is 0 Å². The summed E-state index contributed by atoms with van der Waals surface area (Å²) in [5.41, 5.74) is 2.99. The second-order valence-electron chi connectivity index (χ2n) is 5.72. The lowest BCUT2D eigenvalue weighted by atomic mass is 10.0. The molecule has 1 amide bonds. The van der Waals surface area contributed by atoms with E-state index in [1.165, 1.54) is 0 Å². The summed E-state index contributed by atoms with van der Waals surface area (Å²) in [5, 5.41) is 10.6. The zero-order chi connectivity index (χ0) is 17.0. The van der Waals surface area contributed by atoms with E-state index in [1.54, 1.807) is 7.11 Å². The number of carbonyl (C=O) groups excluding carboxylic acids is 1. The molecule has 1 unspecified atom stereocenters. The SMILES string of the molecule is COC(CNC(=O)c1c(C(C)C)n[nH]c1C)c1ccccc1Cl. The highest BCUT2D eigenvalue weighted by atomic mass is 35.5. The summed E-state index contributed by atoms with van der Waals surface area (Å²) < 4.78 is 5.47. The number of aryl methyl sites for hydroxylation is 1. The maximum Gasteiger partial charge on any atom is 0.255 e. The number of nitrogens with zero attached hydrogens (tertiary/aromatic N) is 1. The third kappa shape index (κ3) is 3.92. The summed E-state index contributed by atoms with van der Waals surface area (Å²) in [4.78, 5) is 12.5. The van der Waals surface area contributed by atoms with Crippen LogP contribution < -0.4 is 5.32 Å². The van der Waals surface area contributed by atoms with Crippen molar-refractivity contribution in [2.24, 2.45) is 0 Å². The van der Waals surface area contributed by atoms with Crippen molar-refractivity contribution in [2.45, 2.75) is 32.8 Å². The number of carbonyl (C=O) groups is 1. The second-order valence-corrected chi connectivity index (χ2v) is 6.13. The molecule has 2 N–H and O–H groups in total. The Morgan fingerprint density at radius 3 is 2.70 bits per heavy atom. The van der Waals surface area contributed by atoms with Gasteiger partial charge in [-0.05, 0) is 18.9 Å². The van der Waals surface area contributed by atoms with E-state index in [-0.39, 0.29) is 17.9 Å². The maximum absolute atomic E-state index is 12.5. The van der Waals surface area contributed by atoms with E-state index in [1.807, 2.05) is 45.0 Å². The number of aromatic nitrogens is 2. The van der Waals surface area contributed by atoms with Crippen LogP contribution in [0.15, 0.2) is 24.3 Å². The van der Waals surface area contributed by atoms with Gasteiger partial charge in [-0.1, -0.05) is 43.6 Å². The van der Waals surface area contributed by atoms with Crippen molar-refractivity contribution in [3.8, 4) is 0 Å². The summed E-state index contributed by atoms with van der Waals surface area (Å²) in [7, 11) is 1.60. The minimum absolute atomic E-state index is 0.158. The number of H-pyrrole nitrogens is 1. The van der Waals surface area contributed by atoms with E-state index >= 15 is 0 Å². The van der Waals surface area contributed by atoms with E-state index in [0.717, 1.165) is 17.0 Å². The molecule has 1 aromatic carbocycles. The van der Waals surface area contributed by atoms with Crippen molar-refractivity contribution in [3.05, 3.63) is 51.8 Å². The Labute approximate surface area is 141 Å². The summed E-state index contributed by atoms with van der Waals surface area (Å²) >= 11 is 6.20. The van der Waals surface area contributed by atoms with E-state index in [9.17, 15) is 4.79 Å².